The van der Waals surface area contributed by atoms with Gasteiger partial charge in [0.15, 0.2) is 0 Å². The molecule has 0 aliphatic heterocycles. The first kappa shape index (κ1) is 23.0. The second-order valence-corrected chi connectivity index (χ2v) is 7.71. The van der Waals surface area contributed by atoms with Crippen molar-refractivity contribution in [2.45, 2.75) is 20.4 Å². The summed E-state index contributed by atoms with van der Waals surface area (Å²) in [6, 6.07) is 17.9. The molecule has 7 heteroatoms. The fraction of sp³-hybridized carbons (Fsp3) is 0.280. The zero-order valence-corrected chi connectivity index (χ0v) is 18.6. The van der Waals surface area contributed by atoms with E-state index in [9.17, 15) is 14.4 Å². The Kier molecular flexibility index (Phi) is 7.63. The molecule has 32 heavy (non-hydrogen) atoms. The molecule has 0 aliphatic rings. The molecule has 0 saturated carbocycles. The van der Waals surface area contributed by atoms with Crippen molar-refractivity contribution in [2.75, 3.05) is 32.1 Å². The molecule has 3 rings (SSSR count). The second kappa shape index (κ2) is 10.6. The molecule has 2 aromatic carbocycles. The van der Waals surface area contributed by atoms with Gasteiger partial charge in [-0.25, -0.2) is 4.39 Å². The van der Waals surface area contributed by atoms with Crippen LogP contribution in [0.1, 0.15) is 22.4 Å². The lowest BCUT2D eigenvalue weighted by Crippen LogP contribution is -2.33. The maximum atomic E-state index is 13.3. The summed E-state index contributed by atoms with van der Waals surface area (Å²) in [6.45, 7) is 5.37. The van der Waals surface area contributed by atoms with Crippen molar-refractivity contribution >= 4 is 11.7 Å². The highest BCUT2D eigenvalue weighted by atomic mass is 19.1. The van der Waals surface area contributed by atoms with Crippen LogP contribution in [0, 0.1) is 31.0 Å². The predicted molar refractivity (Wildman–Crippen MR) is 122 cm³/mol. The maximum Gasteiger partial charge on any atom is 0.239 e. The Bertz CT molecular complexity index is 1100. The van der Waals surface area contributed by atoms with Gasteiger partial charge in [-0.15, -0.1) is 0 Å². The second-order valence-electron chi connectivity index (χ2n) is 7.71. The van der Waals surface area contributed by atoms with Gasteiger partial charge in [-0.2, -0.15) is 5.26 Å². The van der Waals surface area contributed by atoms with Gasteiger partial charge in [-0.3, -0.25) is 9.69 Å². The first-order valence-electron chi connectivity index (χ1n) is 10.4. The number of benzene rings is 2. The van der Waals surface area contributed by atoms with E-state index < -0.39 is 0 Å². The number of carbonyl (C=O) groups is 1. The summed E-state index contributed by atoms with van der Waals surface area (Å²) in [5.74, 6) is 0.723. The van der Waals surface area contributed by atoms with Gasteiger partial charge in [0.05, 0.1) is 12.1 Å². The summed E-state index contributed by atoms with van der Waals surface area (Å²) in [6.07, 6.45) is 0. The Morgan fingerprint density at radius 3 is 2.50 bits per heavy atom. The molecule has 1 heterocycles. The topological polar surface area (TPSA) is 70.3 Å². The quantitative estimate of drug-likeness (QED) is 0.550. The summed E-state index contributed by atoms with van der Waals surface area (Å²) < 4.78 is 20.8. The number of aromatic nitrogens is 1. The fourth-order valence-electron chi connectivity index (χ4n) is 3.43. The average Bonchev–Trinajstić information content (AvgIpc) is 2.99. The van der Waals surface area contributed by atoms with Gasteiger partial charge in [-0.05, 0) is 56.3 Å². The Morgan fingerprint density at radius 1 is 1.16 bits per heavy atom. The van der Waals surface area contributed by atoms with Crippen LogP contribution >= 0.6 is 0 Å². The smallest absolute Gasteiger partial charge is 0.239 e. The number of likely N-dealkylation sites (N-methyl/N-ethyl adjacent to an activating group) is 1. The number of anilines is 1. The number of hydrogen-bond donors (Lipinski definition) is 1. The van der Waals surface area contributed by atoms with Crippen molar-refractivity contribution in [1.82, 2.24) is 9.47 Å². The van der Waals surface area contributed by atoms with Crippen LogP contribution in [0.15, 0.2) is 54.6 Å². The summed E-state index contributed by atoms with van der Waals surface area (Å²) in [7, 11) is 1.84. The lowest BCUT2D eigenvalue weighted by atomic mass is 10.2. The Balaban J connectivity index is 1.66. The number of halogens is 1. The van der Waals surface area contributed by atoms with Crippen LogP contribution in [0.2, 0.25) is 0 Å². The molecule has 0 saturated heterocycles. The van der Waals surface area contributed by atoms with Gasteiger partial charge in [0.2, 0.25) is 5.91 Å². The monoisotopic (exact) mass is 434 g/mol. The molecule has 0 bridgehead atoms. The number of hydrogen-bond acceptors (Lipinski definition) is 4. The van der Waals surface area contributed by atoms with E-state index in [0.29, 0.717) is 31.1 Å². The number of nitrogens with one attached hydrogen (secondary N) is 1. The number of carbonyl (C=O) groups excluding carboxylic acids is 1. The van der Waals surface area contributed by atoms with Crippen LogP contribution in [0.25, 0.3) is 0 Å². The zero-order valence-electron chi connectivity index (χ0n) is 18.6. The molecule has 0 fully saturated rings. The van der Waals surface area contributed by atoms with Gasteiger partial charge in [0.25, 0.3) is 0 Å². The molecule has 0 spiro atoms. The molecule has 1 N–H and O–H groups in total. The number of amides is 1. The van der Waals surface area contributed by atoms with E-state index in [-0.39, 0.29) is 18.3 Å². The Labute approximate surface area is 187 Å². The summed E-state index contributed by atoms with van der Waals surface area (Å²) >= 11 is 0. The van der Waals surface area contributed by atoms with Gasteiger partial charge >= 0.3 is 0 Å². The highest BCUT2D eigenvalue weighted by Gasteiger charge is 2.20. The van der Waals surface area contributed by atoms with Gasteiger partial charge < -0.3 is 14.6 Å². The highest BCUT2D eigenvalue weighted by molar-refractivity contribution is 5.93. The third kappa shape index (κ3) is 5.74. The molecule has 166 valence electrons. The Morgan fingerprint density at radius 2 is 1.84 bits per heavy atom. The zero-order chi connectivity index (χ0) is 23.1. The van der Waals surface area contributed by atoms with E-state index >= 15 is 0 Å². The van der Waals surface area contributed by atoms with Crippen molar-refractivity contribution < 1.29 is 13.9 Å². The summed E-state index contributed by atoms with van der Waals surface area (Å²) in [5, 5.41) is 12.6. The number of ether oxygens (including phenoxy) is 1. The minimum absolute atomic E-state index is 0.156. The van der Waals surface area contributed by atoms with E-state index in [1.807, 2.05) is 60.7 Å². The first-order chi connectivity index (χ1) is 15.4. The van der Waals surface area contributed by atoms with Crippen molar-refractivity contribution in [2.24, 2.45) is 0 Å². The average molecular weight is 435 g/mol. The molecule has 0 radical (unpaired) electrons. The van der Waals surface area contributed by atoms with Gasteiger partial charge in [0, 0.05) is 18.8 Å². The maximum absolute atomic E-state index is 13.3. The molecule has 0 atom stereocenters. The third-order valence-electron chi connectivity index (χ3n) is 5.35. The third-order valence-corrected chi connectivity index (χ3v) is 5.35. The predicted octanol–water partition coefficient (Wildman–Crippen LogP) is 4.11. The largest absolute Gasteiger partial charge is 0.492 e. The van der Waals surface area contributed by atoms with Crippen LogP contribution in [-0.4, -0.2) is 42.1 Å². The van der Waals surface area contributed by atoms with E-state index in [2.05, 4.69) is 11.4 Å². The van der Waals surface area contributed by atoms with Crippen molar-refractivity contribution in [3.63, 3.8) is 0 Å². The summed E-state index contributed by atoms with van der Waals surface area (Å²) in [4.78, 5) is 14.6. The normalized spacial score (nSPS) is 10.8. The standard InChI is InChI=1S/C25H27FN4O2/c1-18-19(2)30(16-20-9-11-21(26)12-10-20)25(23(18)15-27)28-24(31)17-29(3)13-14-32-22-7-5-4-6-8-22/h4-12H,13-14,16-17H2,1-3H3,(H,28,31). The van der Waals surface area contributed by atoms with Gasteiger partial charge in [0.1, 0.15) is 30.1 Å². The lowest BCUT2D eigenvalue weighted by Gasteiger charge is -2.18. The van der Waals surface area contributed by atoms with E-state index in [0.717, 1.165) is 22.6 Å². The molecule has 1 amide bonds. The molecular weight excluding hydrogens is 407 g/mol. The minimum Gasteiger partial charge on any atom is -0.492 e. The van der Waals surface area contributed by atoms with Crippen LogP contribution < -0.4 is 10.1 Å². The number of nitrogens with zero attached hydrogens (tertiary/aromatic N) is 3. The molecule has 0 aliphatic carbocycles. The molecule has 6 nitrogen and oxygen atoms in total. The minimum atomic E-state index is -0.306. The molecule has 3 aromatic rings. The van der Waals surface area contributed by atoms with Crippen LogP contribution in [0.3, 0.4) is 0 Å². The number of rotatable bonds is 9. The Hall–Kier alpha value is -3.63. The van der Waals surface area contributed by atoms with Crippen LogP contribution in [0.5, 0.6) is 5.75 Å². The van der Waals surface area contributed by atoms with Crippen molar-refractivity contribution in [3.05, 3.63) is 82.8 Å². The van der Waals surface area contributed by atoms with E-state index in [1.54, 1.807) is 12.1 Å². The van der Waals surface area contributed by atoms with E-state index in [4.69, 9.17) is 4.74 Å². The molecular formula is C25H27FN4O2. The molecule has 1 aromatic heterocycles. The highest BCUT2D eigenvalue weighted by Crippen LogP contribution is 2.27. The number of para-hydroxylation sites is 1. The van der Waals surface area contributed by atoms with Crippen LogP contribution in [0.4, 0.5) is 10.2 Å². The SMILES string of the molecule is Cc1c(C#N)c(NC(=O)CN(C)CCOc2ccccc2)n(Cc2ccc(F)cc2)c1C. The number of nitriles is 1. The van der Waals surface area contributed by atoms with Crippen molar-refractivity contribution in [3.8, 4) is 11.8 Å². The van der Waals surface area contributed by atoms with Crippen LogP contribution in [-0.2, 0) is 11.3 Å². The van der Waals surface area contributed by atoms with E-state index in [1.165, 1.54) is 12.1 Å². The molecule has 0 unspecified atom stereocenters. The summed E-state index contributed by atoms with van der Waals surface area (Å²) in [5.41, 5.74) is 3.01. The van der Waals surface area contributed by atoms with Gasteiger partial charge in [-0.1, -0.05) is 30.3 Å². The first-order valence-corrected chi connectivity index (χ1v) is 10.4. The lowest BCUT2D eigenvalue weighted by molar-refractivity contribution is -0.117. The fourth-order valence-corrected chi connectivity index (χ4v) is 3.43. The van der Waals surface area contributed by atoms with Crippen molar-refractivity contribution in [1.29, 1.82) is 5.26 Å².